The van der Waals surface area contributed by atoms with Crippen LogP contribution in [-0.2, 0) is 12.7 Å². The van der Waals surface area contributed by atoms with Gasteiger partial charge in [0.1, 0.15) is 5.52 Å². The Bertz CT molecular complexity index is 1140. The van der Waals surface area contributed by atoms with E-state index < -0.39 is 11.7 Å². The quantitative estimate of drug-likeness (QED) is 0.500. The smallest absolute Gasteiger partial charge is 0.395 e. The average molecular weight is 413 g/mol. The van der Waals surface area contributed by atoms with Gasteiger partial charge in [0.2, 0.25) is 0 Å². The van der Waals surface area contributed by atoms with Crippen LogP contribution in [0.4, 0.5) is 19.0 Å². The van der Waals surface area contributed by atoms with Gasteiger partial charge in [-0.2, -0.15) is 13.2 Å². The van der Waals surface area contributed by atoms with Crippen LogP contribution in [0.15, 0.2) is 60.9 Å². The molecule has 9 heteroatoms. The Balaban J connectivity index is 1.73. The zero-order valence-corrected chi connectivity index (χ0v) is 15.8. The number of fused-ring (bicyclic) bond motifs is 1. The number of nitrogens with zero attached hydrogens (tertiary/aromatic N) is 4. The second kappa shape index (κ2) is 8.11. The van der Waals surface area contributed by atoms with E-state index >= 15 is 0 Å². The maximum atomic E-state index is 12.8. The van der Waals surface area contributed by atoms with Crippen molar-refractivity contribution in [3.63, 3.8) is 0 Å². The average Bonchev–Trinajstić information content (AvgIpc) is 3.15. The predicted octanol–water partition coefficient (Wildman–Crippen LogP) is 3.96. The highest BCUT2D eigenvalue weighted by Crippen LogP contribution is 2.29. The highest BCUT2D eigenvalue weighted by molar-refractivity contribution is 5.85. The van der Waals surface area contributed by atoms with E-state index in [1.165, 1.54) is 12.1 Å². The van der Waals surface area contributed by atoms with Crippen molar-refractivity contribution in [1.29, 1.82) is 0 Å². The summed E-state index contributed by atoms with van der Waals surface area (Å²) in [5.74, 6) is 0.969. The van der Waals surface area contributed by atoms with Gasteiger partial charge in [0, 0.05) is 12.1 Å². The second-order valence-corrected chi connectivity index (χ2v) is 6.65. The molecule has 0 fully saturated rings. The van der Waals surface area contributed by atoms with E-state index in [1.54, 1.807) is 10.9 Å². The molecule has 0 aliphatic rings. The van der Waals surface area contributed by atoms with Gasteiger partial charge in [-0.15, -0.1) is 0 Å². The molecule has 2 aromatic heterocycles. The molecular formula is C21H18F3N5O. The number of benzene rings is 2. The summed E-state index contributed by atoms with van der Waals surface area (Å²) < 4.78 is 40.2. The van der Waals surface area contributed by atoms with Crippen LogP contribution in [0.1, 0.15) is 11.1 Å². The fourth-order valence-electron chi connectivity index (χ4n) is 3.07. The molecule has 6 nitrogen and oxygen atoms in total. The van der Waals surface area contributed by atoms with E-state index in [-0.39, 0.29) is 6.61 Å². The molecule has 2 aromatic carbocycles. The Hall–Kier alpha value is -3.46. The third kappa shape index (κ3) is 4.11. The maximum absolute atomic E-state index is 12.8. The van der Waals surface area contributed by atoms with Crippen molar-refractivity contribution in [2.24, 2.45) is 0 Å². The van der Waals surface area contributed by atoms with Crippen LogP contribution in [0.5, 0.6) is 0 Å². The molecule has 0 radical (unpaired) electrons. The molecule has 0 aliphatic carbocycles. The highest BCUT2D eigenvalue weighted by Gasteiger charge is 2.29. The maximum Gasteiger partial charge on any atom is 0.416 e. The Morgan fingerprint density at radius 3 is 2.37 bits per heavy atom. The van der Waals surface area contributed by atoms with E-state index in [2.05, 4.69) is 20.3 Å². The van der Waals surface area contributed by atoms with Crippen molar-refractivity contribution in [1.82, 2.24) is 19.5 Å². The molecule has 0 bridgehead atoms. The minimum atomic E-state index is -4.37. The van der Waals surface area contributed by atoms with E-state index in [0.29, 0.717) is 41.5 Å². The number of halogens is 3. The molecule has 0 atom stereocenters. The summed E-state index contributed by atoms with van der Waals surface area (Å²) in [7, 11) is 0. The van der Waals surface area contributed by atoms with Gasteiger partial charge in [0.15, 0.2) is 17.3 Å². The lowest BCUT2D eigenvalue weighted by molar-refractivity contribution is -0.137. The molecule has 0 amide bonds. The summed E-state index contributed by atoms with van der Waals surface area (Å²) in [5.41, 5.74) is 1.88. The molecular weight excluding hydrogens is 395 g/mol. The third-order valence-electron chi connectivity index (χ3n) is 4.53. The number of aliphatic hydroxyl groups excluding tert-OH is 1. The molecule has 2 heterocycles. The fourth-order valence-corrected chi connectivity index (χ4v) is 3.07. The van der Waals surface area contributed by atoms with Gasteiger partial charge in [-0.05, 0) is 17.7 Å². The van der Waals surface area contributed by atoms with Crippen LogP contribution in [0.3, 0.4) is 0 Å². The van der Waals surface area contributed by atoms with Gasteiger partial charge in [0.25, 0.3) is 0 Å². The van der Waals surface area contributed by atoms with Crippen molar-refractivity contribution >= 4 is 17.0 Å². The third-order valence-corrected chi connectivity index (χ3v) is 4.53. The Kier molecular flexibility index (Phi) is 5.37. The summed E-state index contributed by atoms with van der Waals surface area (Å²) >= 11 is 0. The zero-order chi connectivity index (χ0) is 21.1. The number of nitrogens with one attached hydrogen (secondary N) is 1. The zero-order valence-electron chi connectivity index (χ0n) is 15.8. The lowest BCUT2D eigenvalue weighted by Crippen LogP contribution is -2.09. The van der Waals surface area contributed by atoms with Crippen molar-refractivity contribution in [3.8, 4) is 11.4 Å². The standard InChI is InChI=1S/C21H18F3N5O/c22-21(23,24)16-8-6-14(7-9-16)12-29-13-26-17-19(25-10-11-30)27-18(28-20(17)29)15-4-2-1-3-5-15/h1-9,13,30H,10-12H2,(H,25,27,28). The van der Waals surface area contributed by atoms with Gasteiger partial charge in [-0.25, -0.2) is 15.0 Å². The lowest BCUT2D eigenvalue weighted by Gasteiger charge is -2.10. The van der Waals surface area contributed by atoms with Gasteiger partial charge >= 0.3 is 6.18 Å². The topological polar surface area (TPSA) is 75.9 Å². The van der Waals surface area contributed by atoms with Gasteiger partial charge in [0.05, 0.1) is 25.0 Å². The van der Waals surface area contributed by atoms with Crippen LogP contribution >= 0.6 is 0 Å². The van der Waals surface area contributed by atoms with Crippen LogP contribution in [-0.4, -0.2) is 37.8 Å². The molecule has 0 aliphatic heterocycles. The van der Waals surface area contributed by atoms with Crippen LogP contribution in [0.25, 0.3) is 22.6 Å². The van der Waals surface area contributed by atoms with Crippen molar-refractivity contribution < 1.29 is 18.3 Å². The van der Waals surface area contributed by atoms with Gasteiger partial charge < -0.3 is 15.0 Å². The monoisotopic (exact) mass is 413 g/mol. The van der Waals surface area contributed by atoms with Crippen molar-refractivity contribution in [2.45, 2.75) is 12.7 Å². The van der Waals surface area contributed by atoms with Gasteiger partial charge in [-0.1, -0.05) is 42.5 Å². The first-order chi connectivity index (χ1) is 14.5. The summed E-state index contributed by atoms with van der Waals surface area (Å²) in [5, 5.41) is 12.2. The predicted molar refractivity (Wildman–Crippen MR) is 107 cm³/mol. The molecule has 2 N–H and O–H groups in total. The molecule has 0 saturated carbocycles. The first-order valence-electron chi connectivity index (χ1n) is 9.25. The summed E-state index contributed by atoms with van der Waals surface area (Å²) in [4.78, 5) is 13.5. The summed E-state index contributed by atoms with van der Waals surface area (Å²) in [6.45, 7) is 0.532. The van der Waals surface area contributed by atoms with E-state index in [1.807, 2.05) is 30.3 Å². The number of hydrogen-bond acceptors (Lipinski definition) is 5. The molecule has 30 heavy (non-hydrogen) atoms. The molecule has 0 saturated heterocycles. The SMILES string of the molecule is OCCNc1nc(-c2ccccc2)nc2c1ncn2Cc1ccc(C(F)(F)F)cc1. The molecule has 0 unspecified atom stereocenters. The van der Waals surface area contributed by atoms with Crippen LogP contribution in [0.2, 0.25) is 0 Å². The van der Waals surface area contributed by atoms with Crippen LogP contribution in [0, 0.1) is 0 Å². The Labute approximate surface area is 170 Å². The number of imidazole rings is 1. The first kappa shape index (κ1) is 19.8. The van der Waals surface area contributed by atoms with Crippen molar-refractivity contribution in [2.75, 3.05) is 18.5 Å². The molecule has 4 aromatic rings. The molecule has 0 spiro atoms. The fraction of sp³-hybridized carbons (Fsp3) is 0.190. The Morgan fingerprint density at radius 2 is 1.70 bits per heavy atom. The lowest BCUT2D eigenvalue weighted by atomic mass is 10.1. The number of rotatable bonds is 6. The minimum Gasteiger partial charge on any atom is -0.395 e. The number of alkyl halides is 3. The summed E-state index contributed by atoms with van der Waals surface area (Å²) in [6.07, 6.45) is -2.79. The Morgan fingerprint density at radius 1 is 0.967 bits per heavy atom. The number of anilines is 1. The van der Waals surface area contributed by atoms with Gasteiger partial charge in [-0.3, -0.25) is 0 Å². The van der Waals surface area contributed by atoms with Crippen LogP contribution < -0.4 is 5.32 Å². The second-order valence-electron chi connectivity index (χ2n) is 6.65. The largest absolute Gasteiger partial charge is 0.416 e. The minimum absolute atomic E-state index is 0.0710. The highest BCUT2D eigenvalue weighted by atomic mass is 19.4. The van der Waals surface area contributed by atoms with E-state index in [4.69, 9.17) is 5.11 Å². The molecule has 4 rings (SSSR count). The van der Waals surface area contributed by atoms with Crippen molar-refractivity contribution in [3.05, 3.63) is 72.1 Å². The normalized spacial score (nSPS) is 11.7. The van der Waals surface area contributed by atoms with E-state index in [0.717, 1.165) is 17.7 Å². The number of hydrogen-bond donors (Lipinski definition) is 2. The molecule has 154 valence electrons. The number of aliphatic hydroxyl groups is 1. The summed E-state index contributed by atoms with van der Waals surface area (Å²) in [6, 6.07) is 14.4. The van der Waals surface area contributed by atoms with E-state index in [9.17, 15) is 13.2 Å². The number of aromatic nitrogens is 4. The first-order valence-corrected chi connectivity index (χ1v) is 9.25.